The Kier molecular flexibility index (Phi) is 2.88. The maximum Gasteiger partial charge on any atom is 0.201 e. The average molecular weight is 255 g/mol. The minimum atomic E-state index is 0.541. The summed E-state index contributed by atoms with van der Waals surface area (Å²) in [5, 5.41) is 9.00. The van der Waals surface area contributed by atoms with Crippen molar-refractivity contribution < 1.29 is 0 Å². The van der Waals surface area contributed by atoms with E-state index in [2.05, 4.69) is 23.0 Å². The summed E-state index contributed by atoms with van der Waals surface area (Å²) in [6.45, 7) is 3.11. The van der Waals surface area contributed by atoms with E-state index in [0.29, 0.717) is 17.4 Å². The number of nitrogens with zero attached hydrogens (tertiary/aromatic N) is 4. The molecule has 0 radical (unpaired) electrons. The van der Waals surface area contributed by atoms with E-state index in [-0.39, 0.29) is 0 Å². The highest BCUT2D eigenvalue weighted by molar-refractivity contribution is 5.79. The predicted octanol–water partition coefficient (Wildman–Crippen LogP) is 1.44. The Morgan fingerprint density at radius 1 is 1.53 bits per heavy atom. The molecule has 0 spiro atoms. The number of fused-ring (bicyclic) bond motifs is 1. The highest BCUT2D eigenvalue weighted by Crippen LogP contribution is 2.24. The van der Waals surface area contributed by atoms with Crippen LogP contribution in [0.4, 0.5) is 5.95 Å². The molecule has 1 atom stereocenters. The molecular weight excluding hydrogens is 238 g/mol. The van der Waals surface area contributed by atoms with Crippen molar-refractivity contribution >= 4 is 17.0 Å². The van der Waals surface area contributed by atoms with E-state index in [1.165, 1.54) is 6.42 Å². The number of imidazole rings is 1. The number of benzene rings is 1. The summed E-state index contributed by atoms with van der Waals surface area (Å²) in [6.07, 6.45) is 1.19. The molecule has 19 heavy (non-hydrogen) atoms. The lowest BCUT2D eigenvalue weighted by atomic mass is 10.1. The van der Waals surface area contributed by atoms with Gasteiger partial charge >= 0.3 is 0 Å². The molecule has 1 unspecified atom stereocenters. The number of nitriles is 1. The maximum atomic E-state index is 9.00. The Morgan fingerprint density at radius 3 is 3.05 bits per heavy atom. The van der Waals surface area contributed by atoms with Gasteiger partial charge in [0.15, 0.2) is 0 Å². The second kappa shape index (κ2) is 4.56. The predicted molar refractivity (Wildman–Crippen MR) is 74.5 cm³/mol. The van der Waals surface area contributed by atoms with Crippen molar-refractivity contribution in [3.8, 4) is 6.07 Å². The van der Waals surface area contributed by atoms with Crippen LogP contribution in [0.2, 0.25) is 0 Å². The fraction of sp³-hybridized carbons (Fsp3) is 0.429. The molecule has 1 aliphatic rings. The van der Waals surface area contributed by atoms with E-state index in [0.717, 1.165) is 30.7 Å². The van der Waals surface area contributed by atoms with Crippen molar-refractivity contribution in [1.82, 2.24) is 14.5 Å². The maximum absolute atomic E-state index is 9.00. The van der Waals surface area contributed by atoms with Crippen molar-refractivity contribution in [3.63, 3.8) is 0 Å². The van der Waals surface area contributed by atoms with E-state index in [4.69, 9.17) is 11.0 Å². The first-order valence-electron chi connectivity index (χ1n) is 6.52. The molecule has 0 amide bonds. The van der Waals surface area contributed by atoms with Gasteiger partial charge in [0, 0.05) is 13.1 Å². The van der Waals surface area contributed by atoms with Gasteiger partial charge in [0.1, 0.15) is 0 Å². The zero-order valence-corrected chi connectivity index (χ0v) is 11.0. The number of hydrogen-bond donors (Lipinski definition) is 1. The molecule has 0 bridgehead atoms. The van der Waals surface area contributed by atoms with Gasteiger partial charge in [-0.1, -0.05) is 0 Å². The van der Waals surface area contributed by atoms with Gasteiger partial charge in [0.2, 0.25) is 5.95 Å². The first kappa shape index (κ1) is 12.0. The second-order valence-electron chi connectivity index (χ2n) is 5.31. The number of likely N-dealkylation sites (tertiary alicyclic amines) is 1. The van der Waals surface area contributed by atoms with Crippen molar-refractivity contribution in [2.45, 2.75) is 13.0 Å². The van der Waals surface area contributed by atoms with Gasteiger partial charge in [-0.2, -0.15) is 5.26 Å². The molecule has 2 aromatic rings. The van der Waals surface area contributed by atoms with Crippen LogP contribution >= 0.6 is 0 Å². The van der Waals surface area contributed by atoms with Crippen LogP contribution in [0.15, 0.2) is 18.2 Å². The lowest BCUT2D eigenvalue weighted by molar-refractivity contribution is 0.380. The number of rotatable bonds is 2. The minimum absolute atomic E-state index is 0.541. The van der Waals surface area contributed by atoms with Crippen LogP contribution in [0.25, 0.3) is 11.0 Å². The Labute approximate surface area is 112 Å². The molecule has 5 nitrogen and oxygen atoms in total. The molecule has 1 aromatic carbocycles. The van der Waals surface area contributed by atoms with E-state index in [9.17, 15) is 0 Å². The zero-order chi connectivity index (χ0) is 13.4. The summed E-state index contributed by atoms with van der Waals surface area (Å²) >= 11 is 0. The van der Waals surface area contributed by atoms with Gasteiger partial charge in [-0.25, -0.2) is 4.98 Å². The number of anilines is 1. The third-order valence-electron chi connectivity index (χ3n) is 3.84. The molecular formula is C14H17N5. The SMILES string of the molecule is CN1CCC(Cn2c(N)nc3ccc(C#N)cc32)C1. The van der Waals surface area contributed by atoms with Crippen LogP contribution in [-0.2, 0) is 6.54 Å². The number of nitrogen functional groups attached to an aromatic ring is 1. The molecule has 98 valence electrons. The zero-order valence-electron chi connectivity index (χ0n) is 11.0. The molecule has 1 fully saturated rings. The van der Waals surface area contributed by atoms with Crippen molar-refractivity contribution in [2.75, 3.05) is 25.9 Å². The van der Waals surface area contributed by atoms with E-state index in [1.54, 1.807) is 6.07 Å². The molecule has 0 saturated carbocycles. The molecule has 5 heteroatoms. The summed E-state index contributed by atoms with van der Waals surface area (Å²) in [5.74, 6) is 1.15. The van der Waals surface area contributed by atoms with Crippen LogP contribution in [0.3, 0.4) is 0 Å². The first-order chi connectivity index (χ1) is 9.17. The highest BCUT2D eigenvalue weighted by Gasteiger charge is 2.21. The summed E-state index contributed by atoms with van der Waals surface area (Å²) in [5.41, 5.74) is 8.49. The quantitative estimate of drug-likeness (QED) is 0.881. The molecule has 2 N–H and O–H groups in total. The fourth-order valence-corrected chi connectivity index (χ4v) is 2.84. The van der Waals surface area contributed by atoms with E-state index >= 15 is 0 Å². The van der Waals surface area contributed by atoms with E-state index < -0.39 is 0 Å². The number of aromatic nitrogens is 2. The van der Waals surface area contributed by atoms with Gasteiger partial charge in [-0.15, -0.1) is 0 Å². The Morgan fingerprint density at radius 2 is 2.37 bits per heavy atom. The Hall–Kier alpha value is -2.06. The summed E-state index contributed by atoms with van der Waals surface area (Å²) in [4.78, 5) is 6.70. The lowest BCUT2D eigenvalue weighted by Gasteiger charge is -2.13. The Bertz CT molecular complexity index is 652. The summed E-state index contributed by atoms with van der Waals surface area (Å²) < 4.78 is 2.04. The van der Waals surface area contributed by atoms with Gasteiger partial charge < -0.3 is 15.2 Å². The summed E-state index contributed by atoms with van der Waals surface area (Å²) in [7, 11) is 2.14. The molecule has 1 saturated heterocycles. The van der Waals surface area contributed by atoms with Gasteiger partial charge in [-0.05, 0) is 44.1 Å². The van der Waals surface area contributed by atoms with Crippen LogP contribution in [0, 0.1) is 17.2 Å². The molecule has 0 aliphatic carbocycles. The molecule has 1 aromatic heterocycles. The van der Waals surface area contributed by atoms with Crippen LogP contribution in [-0.4, -0.2) is 34.6 Å². The van der Waals surface area contributed by atoms with Crippen LogP contribution < -0.4 is 5.73 Å². The molecule has 2 heterocycles. The Balaban J connectivity index is 1.97. The largest absolute Gasteiger partial charge is 0.369 e. The van der Waals surface area contributed by atoms with Crippen molar-refractivity contribution in [3.05, 3.63) is 23.8 Å². The lowest BCUT2D eigenvalue weighted by Crippen LogP contribution is -2.17. The topological polar surface area (TPSA) is 70.9 Å². The fourth-order valence-electron chi connectivity index (χ4n) is 2.84. The monoisotopic (exact) mass is 255 g/mol. The molecule has 1 aliphatic heterocycles. The average Bonchev–Trinajstić information content (AvgIpc) is 2.94. The number of hydrogen-bond acceptors (Lipinski definition) is 4. The first-order valence-corrected chi connectivity index (χ1v) is 6.52. The van der Waals surface area contributed by atoms with Gasteiger partial charge in [-0.3, -0.25) is 0 Å². The highest BCUT2D eigenvalue weighted by atomic mass is 15.2. The van der Waals surface area contributed by atoms with E-state index in [1.807, 2.05) is 16.7 Å². The van der Waals surface area contributed by atoms with Gasteiger partial charge in [0.25, 0.3) is 0 Å². The summed E-state index contributed by atoms with van der Waals surface area (Å²) in [6, 6.07) is 7.68. The van der Waals surface area contributed by atoms with Crippen molar-refractivity contribution in [2.24, 2.45) is 5.92 Å². The van der Waals surface area contributed by atoms with Crippen LogP contribution in [0.5, 0.6) is 0 Å². The minimum Gasteiger partial charge on any atom is -0.369 e. The standard InChI is InChI=1S/C14H17N5/c1-18-5-4-11(8-18)9-19-13-6-10(7-15)2-3-12(13)17-14(19)16/h2-3,6,11H,4-5,8-9H2,1H3,(H2,16,17). The third kappa shape index (κ3) is 2.15. The third-order valence-corrected chi connectivity index (χ3v) is 3.84. The number of nitrogens with two attached hydrogens (primary N) is 1. The smallest absolute Gasteiger partial charge is 0.201 e. The normalized spacial score (nSPS) is 19.9. The van der Waals surface area contributed by atoms with Gasteiger partial charge in [0.05, 0.1) is 22.7 Å². The van der Waals surface area contributed by atoms with Crippen LogP contribution in [0.1, 0.15) is 12.0 Å². The second-order valence-corrected chi connectivity index (χ2v) is 5.31. The molecule has 3 rings (SSSR count). The van der Waals surface area contributed by atoms with Crippen molar-refractivity contribution in [1.29, 1.82) is 5.26 Å².